The van der Waals surface area contributed by atoms with E-state index in [2.05, 4.69) is 21.2 Å². The Morgan fingerprint density at radius 2 is 2.05 bits per heavy atom. The number of anilines is 1. The van der Waals surface area contributed by atoms with Crippen molar-refractivity contribution in [3.8, 4) is 5.75 Å². The van der Waals surface area contributed by atoms with Crippen molar-refractivity contribution >= 4 is 27.5 Å². The number of carbonyl (C=O) groups excluding carboxylic acids is 1. The Morgan fingerprint density at radius 1 is 1.29 bits per heavy atom. The number of nitrogens with two attached hydrogens (primary N) is 1. The van der Waals surface area contributed by atoms with Crippen LogP contribution in [0.25, 0.3) is 0 Å². The lowest BCUT2D eigenvalue weighted by molar-refractivity contribution is 0.0956. The molecule has 2 aromatic carbocycles. The summed E-state index contributed by atoms with van der Waals surface area (Å²) in [7, 11) is 0. The highest BCUT2D eigenvalue weighted by Crippen LogP contribution is 2.25. The van der Waals surface area contributed by atoms with Crippen molar-refractivity contribution < 1.29 is 9.53 Å². The predicted octanol–water partition coefficient (Wildman–Crippen LogP) is 3.36. The zero-order valence-corrected chi connectivity index (χ0v) is 13.3. The van der Waals surface area contributed by atoms with Gasteiger partial charge in [-0.05, 0) is 31.2 Å². The third-order valence-corrected chi connectivity index (χ3v) is 3.72. The molecule has 0 aliphatic rings. The number of hydrogen-bond donors (Lipinski definition) is 2. The molecule has 0 unspecified atom stereocenters. The smallest absolute Gasteiger partial charge is 0.251 e. The summed E-state index contributed by atoms with van der Waals surface area (Å²) in [5.74, 6) is 0.431. The summed E-state index contributed by atoms with van der Waals surface area (Å²) in [5.41, 5.74) is 7.95. The van der Waals surface area contributed by atoms with Crippen LogP contribution in [0.4, 0.5) is 5.69 Å². The molecule has 4 nitrogen and oxygen atoms in total. The fourth-order valence-electron chi connectivity index (χ4n) is 1.85. The summed E-state index contributed by atoms with van der Waals surface area (Å²) >= 11 is 3.47. The Hall–Kier alpha value is -2.01. The number of nitrogens with one attached hydrogen (secondary N) is 1. The molecular formula is C16H17BrN2O2. The molecule has 0 bridgehead atoms. The van der Waals surface area contributed by atoms with Gasteiger partial charge in [0.1, 0.15) is 12.4 Å². The van der Waals surface area contributed by atoms with E-state index in [0.717, 1.165) is 10.0 Å². The van der Waals surface area contributed by atoms with Gasteiger partial charge in [-0.1, -0.05) is 34.1 Å². The Labute approximate surface area is 132 Å². The van der Waals surface area contributed by atoms with Gasteiger partial charge in [-0.25, -0.2) is 0 Å². The molecule has 3 N–H and O–H groups in total. The number of halogens is 1. The maximum Gasteiger partial charge on any atom is 0.251 e. The maximum absolute atomic E-state index is 11.7. The number of nitrogen functional groups attached to an aromatic ring is 1. The quantitative estimate of drug-likeness (QED) is 0.814. The highest BCUT2D eigenvalue weighted by Gasteiger charge is 2.08. The number of hydrogen-bond acceptors (Lipinski definition) is 3. The average Bonchev–Trinajstić information content (AvgIpc) is 2.47. The number of benzene rings is 2. The van der Waals surface area contributed by atoms with Gasteiger partial charge in [-0.3, -0.25) is 4.79 Å². The van der Waals surface area contributed by atoms with Crippen molar-refractivity contribution in [1.29, 1.82) is 0 Å². The fourth-order valence-corrected chi connectivity index (χ4v) is 2.25. The second kappa shape index (κ2) is 7.13. The lowest BCUT2D eigenvalue weighted by atomic mass is 10.1. The molecule has 2 aromatic rings. The van der Waals surface area contributed by atoms with Gasteiger partial charge >= 0.3 is 0 Å². The zero-order valence-electron chi connectivity index (χ0n) is 11.7. The SMILES string of the molecule is CCNC(=O)c1ccc(OCc2ccccc2Br)c(N)c1. The number of carbonyl (C=O) groups is 1. The van der Waals surface area contributed by atoms with Crippen LogP contribution in [0.2, 0.25) is 0 Å². The third-order valence-electron chi connectivity index (χ3n) is 2.95. The molecule has 0 saturated carbocycles. The van der Waals surface area contributed by atoms with Crippen LogP contribution in [-0.4, -0.2) is 12.5 Å². The van der Waals surface area contributed by atoms with Crippen LogP contribution in [0.15, 0.2) is 46.9 Å². The minimum atomic E-state index is -0.137. The van der Waals surface area contributed by atoms with Crippen molar-refractivity contribution in [3.05, 3.63) is 58.1 Å². The summed E-state index contributed by atoms with van der Waals surface area (Å²) in [5, 5.41) is 2.73. The Kier molecular flexibility index (Phi) is 5.22. The van der Waals surface area contributed by atoms with Gasteiger partial charge in [0.2, 0.25) is 0 Å². The summed E-state index contributed by atoms with van der Waals surface area (Å²) in [6.07, 6.45) is 0. The summed E-state index contributed by atoms with van der Waals surface area (Å²) in [6.45, 7) is 2.86. The van der Waals surface area contributed by atoms with Gasteiger partial charge in [0.15, 0.2) is 0 Å². The Balaban J connectivity index is 2.08. The van der Waals surface area contributed by atoms with Crippen molar-refractivity contribution in [2.24, 2.45) is 0 Å². The van der Waals surface area contributed by atoms with Crippen molar-refractivity contribution in [3.63, 3.8) is 0 Å². The predicted molar refractivity (Wildman–Crippen MR) is 87.3 cm³/mol. The molecular weight excluding hydrogens is 332 g/mol. The van der Waals surface area contributed by atoms with E-state index in [1.54, 1.807) is 18.2 Å². The van der Waals surface area contributed by atoms with Gasteiger partial charge in [-0.15, -0.1) is 0 Å². The molecule has 5 heteroatoms. The third kappa shape index (κ3) is 3.98. The molecule has 0 radical (unpaired) electrons. The van der Waals surface area contributed by atoms with Gasteiger partial charge < -0.3 is 15.8 Å². The Morgan fingerprint density at radius 3 is 2.71 bits per heavy atom. The molecule has 0 atom stereocenters. The summed E-state index contributed by atoms with van der Waals surface area (Å²) < 4.78 is 6.70. The largest absolute Gasteiger partial charge is 0.487 e. The summed E-state index contributed by atoms with van der Waals surface area (Å²) in [4.78, 5) is 11.7. The van der Waals surface area contributed by atoms with E-state index in [9.17, 15) is 4.79 Å². The number of amides is 1. The van der Waals surface area contributed by atoms with Crippen LogP contribution < -0.4 is 15.8 Å². The molecule has 0 fully saturated rings. The molecule has 110 valence electrons. The molecule has 0 aliphatic heterocycles. The minimum absolute atomic E-state index is 0.137. The fraction of sp³-hybridized carbons (Fsp3) is 0.188. The van der Waals surface area contributed by atoms with Crippen LogP contribution in [-0.2, 0) is 6.61 Å². The first-order valence-electron chi connectivity index (χ1n) is 6.65. The normalized spacial score (nSPS) is 10.2. The van der Waals surface area contributed by atoms with Crippen LogP contribution in [0.3, 0.4) is 0 Å². The maximum atomic E-state index is 11.7. The molecule has 21 heavy (non-hydrogen) atoms. The minimum Gasteiger partial charge on any atom is -0.487 e. The van der Waals surface area contributed by atoms with E-state index in [4.69, 9.17) is 10.5 Å². The average molecular weight is 349 g/mol. The highest BCUT2D eigenvalue weighted by atomic mass is 79.9. The van der Waals surface area contributed by atoms with Gasteiger partial charge in [-0.2, -0.15) is 0 Å². The van der Waals surface area contributed by atoms with E-state index in [1.165, 1.54) is 0 Å². The molecule has 0 aliphatic carbocycles. The van der Waals surface area contributed by atoms with E-state index < -0.39 is 0 Å². The first kappa shape index (κ1) is 15.4. The standard InChI is InChI=1S/C16H17BrN2O2/c1-2-19-16(20)11-7-8-15(14(18)9-11)21-10-12-5-3-4-6-13(12)17/h3-9H,2,10,18H2,1H3,(H,19,20). The molecule has 0 saturated heterocycles. The van der Waals surface area contributed by atoms with Gasteiger partial charge in [0.05, 0.1) is 5.69 Å². The number of ether oxygens (including phenoxy) is 1. The highest BCUT2D eigenvalue weighted by molar-refractivity contribution is 9.10. The molecule has 0 aromatic heterocycles. The van der Waals surface area contributed by atoms with E-state index in [0.29, 0.717) is 30.2 Å². The number of rotatable bonds is 5. The Bertz CT molecular complexity index is 644. The lowest BCUT2D eigenvalue weighted by Gasteiger charge is -2.11. The van der Waals surface area contributed by atoms with Crippen LogP contribution >= 0.6 is 15.9 Å². The van der Waals surface area contributed by atoms with Crippen LogP contribution in [0.1, 0.15) is 22.8 Å². The lowest BCUT2D eigenvalue weighted by Crippen LogP contribution is -2.22. The monoisotopic (exact) mass is 348 g/mol. The molecule has 2 rings (SSSR count). The second-order valence-electron chi connectivity index (χ2n) is 4.49. The first-order valence-corrected chi connectivity index (χ1v) is 7.45. The van der Waals surface area contributed by atoms with Crippen LogP contribution in [0, 0.1) is 0 Å². The topological polar surface area (TPSA) is 64.3 Å². The molecule has 0 heterocycles. The van der Waals surface area contributed by atoms with Gasteiger partial charge in [0, 0.05) is 22.1 Å². The van der Waals surface area contributed by atoms with Gasteiger partial charge in [0.25, 0.3) is 5.91 Å². The van der Waals surface area contributed by atoms with E-state index in [1.807, 2.05) is 31.2 Å². The summed E-state index contributed by atoms with van der Waals surface area (Å²) in [6, 6.07) is 12.9. The van der Waals surface area contributed by atoms with Crippen molar-refractivity contribution in [2.45, 2.75) is 13.5 Å². The van der Waals surface area contributed by atoms with Crippen molar-refractivity contribution in [2.75, 3.05) is 12.3 Å². The van der Waals surface area contributed by atoms with Crippen molar-refractivity contribution in [1.82, 2.24) is 5.32 Å². The first-order chi connectivity index (χ1) is 10.1. The van der Waals surface area contributed by atoms with Crippen LogP contribution in [0.5, 0.6) is 5.75 Å². The zero-order chi connectivity index (χ0) is 15.2. The van der Waals surface area contributed by atoms with E-state index >= 15 is 0 Å². The molecule has 0 spiro atoms. The molecule has 1 amide bonds. The second-order valence-corrected chi connectivity index (χ2v) is 5.35. The van der Waals surface area contributed by atoms with E-state index in [-0.39, 0.29) is 5.91 Å².